The van der Waals surface area contributed by atoms with Gasteiger partial charge in [0, 0.05) is 5.92 Å². The molecule has 0 aliphatic carbocycles. The van der Waals surface area contributed by atoms with Crippen LogP contribution >= 0.6 is 0 Å². The Morgan fingerprint density at radius 3 is 2.40 bits per heavy atom. The lowest BCUT2D eigenvalue weighted by Gasteiger charge is -2.34. The van der Waals surface area contributed by atoms with Gasteiger partial charge in [0.2, 0.25) is 0 Å². The second kappa shape index (κ2) is 4.88. The molecule has 88 valence electrons. The molecule has 5 heteroatoms. The van der Waals surface area contributed by atoms with E-state index in [4.69, 9.17) is 5.11 Å². The number of likely N-dealkylation sites (tertiary alicyclic amines) is 1. The van der Waals surface area contributed by atoms with Gasteiger partial charge in [-0.05, 0) is 32.5 Å². The summed E-state index contributed by atoms with van der Waals surface area (Å²) >= 11 is 0. The number of halogens is 2. The first-order valence-electron chi connectivity index (χ1n) is 5.27. The van der Waals surface area contributed by atoms with Crippen LogP contribution in [0.25, 0.3) is 0 Å². The lowest BCUT2D eigenvalue weighted by Crippen LogP contribution is -2.41. The van der Waals surface area contributed by atoms with E-state index in [1.165, 1.54) is 0 Å². The van der Waals surface area contributed by atoms with Crippen molar-refractivity contribution in [2.45, 2.75) is 32.1 Å². The van der Waals surface area contributed by atoms with Crippen molar-refractivity contribution in [1.29, 1.82) is 0 Å². The van der Waals surface area contributed by atoms with Gasteiger partial charge in [0.15, 0.2) is 0 Å². The molecule has 1 fully saturated rings. The molecule has 15 heavy (non-hydrogen) atoms. The Labute approximate surface area is 88.1 Å². The van der Waals surface area contributed by atoms with Gasteiger partial charge in [0.1, 0.15) is 6.42 Å². The Morgan fingerprint density at radius 2 is 2.00 bits per heavy atom. The number of rotatable bonds is 4. The molecule has 0 spiro atoms. The van der Waals surface area contributed by atoms with Gasteiger partial charge in [-0.25, -0.2) is 8.78 Å². The number of hydrogen-bond donors (Lipinski definition) is 1. The molecule has 0 amide bonds. The highest BCUT2D eigenvalue weighted by Crippen LogP contribution is 2.35. The van der Waals surface area contributed by atoms with E-state index in [1.807, 2.05) is 6.92 Å². The summed E-state index contributed by atoms with van der Waals surface area (Å²) in [7, 11) is 0. The van der Waals surface area contributed by atoms with E-state index in [0.29, 0.717) is 25.9 Å². The van der Waals surface area contributed by atoms with Crippen molar-refractivity contribution in [3.8, 4) is 0 Å². The average molecular weight is 221 g/mol. The maximum atomic E-state index is 13.4. The zero-order valence-electron chi connectivity index (χ0n) is 8.88. The first kappa shape index (κ1) is 12.4. The van der Waals surface area contributed by atoms with E-state index in [0.717, 1.165) is 6.54 Å². The number of alkyl halides is 2. The summed E-state index contributed by atoms with van der Waals surface area (Å²) in [5.41, 5.74) is 0. The predicted octanol–water partition coefficient (Wildman–Crippen LogP) is 1.83. The summed E-state index contributed by atoms with van der Waals surface area (Å²) < 4.78 is 26.8. The highest BCUT2D eigenvalue weighted by atomic mass is 19.3. The van der Waals surface area contributed by atoms with Crippen LogP contribution in [0, 0.1) is 5.92 Å². The van der Waals surface area contributed by atoms with Crippen LogP contribution in [-0.2, 0) is 4.79 Å². The summed E-state index contributed by atoms with van der Waals surface area (Å²) in [4.78, 5) is 12.4. The molecule has 0 unspecified atom stereocenters. The molecule has 1 saturated heterocycles. The van der Waals surface area contributed by atoms with E-state index in [2.05, 4.69) is 4.90 Å². The molecule has 0 saturated carbocycles. The van der Waals surface area contributed by atoms with Crippen LogP contribution in [0.2, 0.25) is 0 Å². The number of carbonyl (C=O) groups is 1. The molecule has 3 nitrogen and oxygen atoms in total. The van der Waals surface area contributed by atoms with E-state index in [9.17, 15) is 13.6 Å². The van der Waals surface area contributed by atoms with Gasteiger partial charge >= 0.3 is 5.97 Å². The van der Waals surface area contributed by atoms with Gasteiger partial charge < -0.3 is 10.0 Å². The zero-order chi connectivity index (χ0) is 11.5. The van der Waals surface area contributed by atoms with Crippen molar-refractivity contribution in [2.24, 2.45) is 5.92 Å². The zero-order valence-corrected chi connectivity index (χ0v) is 8.88. The van der Waals surface area contributed by atoms with Gasteiger partial charge in [-0.3, -0.25) is 4.79 Å². The van der Waals surface area contributed by atoms with Gasteiger partial charge in [0.05, 0.1) is 0 Å². The van der Waals surface area contributed by atoms with Crippen LogP contribution in [-0.4, -0.2) is 41.5 Å². The quantitative estimate of drug-likeness (QED) is 0.787. The van der Waals surface area contributed by atoms with E-state index in [-0.39, 0.29) is 0 Å². The van der Waals surface area contributed by atoms with Gasteiger partial charge in [-0.1, -0.05) is 6.92 Å². The number of aliphatic carboxylic acids is 1. The molecule has 1 aliphatic heterocycles. The van der Waals surface area contributed by atoms with E-state index in [1.54, 1.807) is 0 Å². The van der Waals surface area contributed by atoms with Crippen molar-refractivity contribution in [2.75, 3.05) is 19.6 Å². The minimum atomic E-state index is -3.05. The SMILES string of the molecule is CCN1CCC(C(F)(F)CC(=O)O)CC1. The van der Waals surface area contributed by atoms with Crippen LogP contribution < -0.4 is 0 Å². The second-order valence-corrected chi connectivity index (χ2v) is 4.04. The lowest BCUT2D eigenvalue weighted by molar-refractivity contribution is -0.151. The van der Waals surface area contributed by atoms with E-state index < -0.39 is 24.2 Å². The fraction of sp³-hybridized carbons (Fsp3) is 0.900. The smallest absolute Gasteiger partial charge is 0.309 e. The summed E-state index contributed by atoms with van der Waals surface area (Å²) in [6.45, 7) is 4.17. The van der Waals surface area contributed by atoms with Gasteiger partial charge in [0.25, 0.3) is 5.92 Å². The van der Waals surface area contributed by atoms with Crippen LogP contribution in [0.5, 0.6) is 0 Å². The van der Waals surface area contributed by atoms with Gasteiger partial charge in [-0.15, -0.1) is 0 Å². The summed E-state index contributed by atoms with van der Waals surface area (Å²) in [5, 5.41) is 8.39. The Bertz CT molecular complexity index is 225. The van der Waals surface area contributed by atoms with Crippen molar-refractivity contribution in [1.82, 2.24) is 4.90 Å². The summed E-state index contributed by atoms with van der Waals surface area (Å²) in [6.07, 6.45) is -0.244. The van der Waals surface area contributed by atoms with Crippen molar-refractivity contribution < 1.29 is 18.7 Å². The van der Waals surface area contributed by atoms with Gasteiger partial charge in [-0.2, -0.15) is 0 Å². The fourth-order valence-corrected chi connectivity index (χ4v) is 2.02. The summed E-state index contributed by atoms with van der Waals surface area (Å²) in [6, 6.07) is 0. The topological polar surface area (TPSA) is 40.5 Å². The third kappa shape index (κ3) is 3.41. The first-order valence-corrected chi connectivity index (χ1v) is 5.27. The maximum Gasteiger partial charge on any atom is 0.309 e. The molecule has 0 bridgehead atoms. The third-order valence-electron chi connectivity index (χ3n) is 3.02. The monoisotopic (exact) mass is 221 g/mol. The largest absolute Gasteiger partial charge is 0.481 e. The normalized spacial score (nSPS) is 20.5. The number of nitrogens with zero attached hydrogens (tertiary/aromatic N) is 1. The first-order chi connectivity index (χ1) is 6.95. The molecule has 1 rings (SSSR count). The standard InChI is InChI=1S/C10H17F2NO2/c1-2-13-5-3-8(4-6-13)10(11,12)7-9(14)15/h8H,2-7H2,1H3,(H,14,15). The molecule has 0 aromatic carbocycles. The third-order valence-corrected chi connectivity index (χ3v) is 3.02. The highest BCUT2D eigenvalue weighted by molar-refractivity contribution is 5.67. The number of carboxylic acids is 1. The Morgan fingerprint density at radius 1 is 1.47 bits per heavy atom. The van der Waals surface area contributed by atoms with Crippen LogP contribution in [0.1, 0.15) is 26.2 Å². The van der Waals surface area contributed by atoms with Crippen molar-refractivity contribution in [3.05, 3.63) is 0 Å². The van der Waals surface area contributed by atoms with Crippen LogP contribution in [0.3, 0.4) is 0 Å². The number of hydrogen-bond acceptors (Lipinski definition) is 2. The molecule has 0 radical (unpaired) electrons. The molecule has 1 heterocycles. The Hall–Kier alpha value is -0.710. The molecule has 0 aromatic heterocycles. The summed E-state index contributed by atoms with van der Waals surface area (Å²) in [5.74, 6) is -5.24. The van der Waals surface area contributed by atoms with Crippen LogP contribution in [0.4, 0.5) is 8.78 Å². The van der Waals surface area contributed by atoms with Crippen molar-refractivity contribution in [3.63, 3.8) is 0 Å². The predicted molar refractivity (Wildman–Crippen MR) is 52.0 cm³/mol. The lowest BCUT2D eigenvalue weighted by atomic mass is 9.89. The van der Waals surface area contributed by atoms with Crippen molar-refractivity contribution >= 4 is 5.97 Å². The highest BCUT2D eigenvalue weighted by Gasteiger charge is 2.42. The number of piperidine rings is 1. The molecule has 0 atom stereocenters. The fourth-order valence-electron chi connectivity index (χ4n) is 2.02. The Kier molecular flexibility index (Phi) is 4.02. The minimum absolute atomic E-state index is 0.397. The molecular weight excluding hydrogens is 204 g/mol. The number of carboxylic acid groups (broad SMARTS) is 1. The molecule has 0 aromatic rings. The molecule has 1 N–H and O–H groups in total. The van der Waals surface area contributed by atoms with Crippen LogP contribution in [0.15, 0.2) is 0 Å². The second-order valence-electron chi connectivity index (χ2n) is 4.04. The minimum Gasteiger partial charge on any atom is -0.481 e. The molecular formula is C10H17F2NO2. The molecule has 1 aliphatic rings. The maximum absolute atomic E-state index is 13.4. The average Bonchev–Trinajstić information content (AvgIpc) is 2.16. The van der Waals surface area contributed by atoms with E-state index >= 15 is 0 Å². The Balaban J connectivity index is 2.47.